The number of anilines is 1. The Labute approximate surface area is 129 Å². The van der Waals surface area contributed by atoms with E-state index in [0.717, 1.165) is 10.0 Å². The molecule has 6 heteroatoms. The Balaban J connectivity index is 2.05. The number of carbonyl (C=O) groups excluding carboxylic acids is 1. The molecule has 0 radical (unpaired) electrons. The number of rotatable bonds is 3. The monoisotopic (exact) mass is 358 g/mol. The standard InChI is InChI=1S/C13H9BrCl2N2O/c14-9-7-17-4-3-12(9)18-13(19)6-8-1-2-10(15)11(16)5-8/h1-5,7H,6H2,(H,17,18,19). The zero-order valence-corrected chi connectivity index (χ0v) is 12.8. The van der Waals surface area contributed by atoms with Crippen LogP contribution in [0.2, 0.25) is 10.0 Å². The molecule has 0 fully saturated rings. The molecule has 1 aromatic heterocycles. The lowest BCUT2D eigenvalue weighted by atomic mass is 10.1. The smallest absolute Gasteiger partial charge is 0.228 e. The van der Waals surface area contributed by atoms with Gasteiger partial charge in [-0.25, -0.2) is 0 Å². The second-order valence-electron chi connectivity index (χ2n) is 3.83. The lowest BCUT2D eigenvalue weighted by Crippen LogP contribution is -2.14. The highest BCUT2D eigenvalue weighted by atomic mass is 79.9. The highest BCUT2D eigenvalue weighted by Gasteiger charge is 2.08. The molecule has 0 saturated carbocycles. The van der Waals surface area contributed by atoms with Crippen molar-refractivity contribution in [2.75, 3.05) is 5.32 Å². The number of halogens is 3. The number of nitrogens with one attached hydrogen (secondary N) is 1. The maximum Gasteiger partial charge on any atom is 0.228 e. The van der Waals surface area contributed by atoms with E-state index in [9.17, 15) is 4.79 Å². The van der Waals surface area contributed by atoms with Crippen molar-refractivity contribution in [1.82, 2.24) is 4.98 Å². The van der Waals surface area contributed by atoms with Crippen molar-refractivity contribution in [3.8, 4) is 0 Å². The maximum absolute atomic E-state index is 11.9. The lowest BCUT2D eigenvalue weighted by Gasteiger charge is -2.07. The molecule has 0 saturated heterocycles. The molecule has 0 aliphatic carbocycles. The van der Waals surface area contributed by atoms with Crippen molar-refractivity contribution < 1.29 is 4.79 Å². The molecule has 1 aromatic carbocycles. The largest absolute Gasteiger partial charge is 0.325 e. The van der Waals surface area contributed by atoms with Crippen molar-refractivity contribution in [1.29, 1.82) is 0 Å². The van der Waals surface area contributed by atoms with Crippen molar-refractivity contribution in [2.24, 2.45) is 0 Å². The van der Waals surface area contributed by atoms with Crippen molar-refractivity contribution >= 4 is 50.7 Å². The average molecular weight is 360 g/mol. The van der Waals surface area contributed by atoms with Crippen LogP contribution in [0, 0.1) is 0 Å². The van der Waals surface area contributed by atoms with Crippen LogP contribution in [-0.2, 0) is 11.2 Å². The summed E-state index contributed by atoms with van der Waals surface area (Å²) in [6.45, 7) is 0. The molecule has 3 nitrogen and oxygen atoms in total. The number of aromatic nitrogens is 1. The van der Waals surface area contributed by atoms with Gasteiger partial charge in [0.15, 0.2) is 0 Å². The molecule has 2 aromatic rings. The van der Waals surface area contributed by atoms with Gasteiger partial charge < -0.3 is 5.32 Å². The Morgan fingerprint density at radius 2 is 2.05 bits per heavy atom. The molecule has 0 atom stereocenters. The molecule has 1 N–H and O–H groups in total. The van der Waals surface area contributed by atoms with Crippen LogP contribution < -0.4 is 5.32 Å². The van der Waals surface area contributed by atoms with Gasteiger partial charge in [0.2, 0.25) is 5.91 Å². The Bertz CT molecular complexity index is 619. The Morgan fingerprint density at radius 1 is 1.26 bits per heavy atom. The van der Waals surface area contributed by atoms with Gasteiger partial charge in [-0.05, 0) is 39.7 Å². The third-order valence-electron chi connectivity index (χ3n) is 2.40. The molecular weight excluding hydrogens is 351 g/mol. The van der Waals surface area contributed by atoms with Crippen molar-refractivity contribution in [3.05, 3.63) is 56.7 Å². The normalized spacial score (nSPS) is 10.3. The van der Waals surface area contributed by atoms with Crippen LogP contribution in [0.4, 0.5) is 5.69 Å². The zero-order chi connectivity index (χ0) is 13.8. The number of benzene rings is 1. The Hall–Kier alpha value is -1.10. The molecule has 2 rings (SSSR count). The molecule has 0 spiro atoms. The number of carbonyl (C=O) groups is 1. The lowest BCUT2D eigenvalue weighted by molar-refractivity contribution is -0.115. The van der Waals surface area contributed by atoms with Crippen LogP contribution in [0.3, 0.4) is 0 Å². The van der Waals surface area contributed by atoms with Crippen molar-refractivity contribution in [2.45, 2.75) is 6.42 Å². The fourth-order valence-electron chi connectivity index (χ4n) is 1.51. The first-order valence-electron chi connectivity index (χ1n) is 5.39. The van der Waals surface area contributed by atoms with E-state index in [1.54, 1.807) is 36.7 Å². The summed E-state index contributed by atoms with van der Waals surface area (Å²) < 4.78 is 0.734. The van der Waals surface area contributed by atoms with Gasteiger partial charge in [0.1, 0.15) is 0 Å². The van der Waals surface area contributed by atoms with Crippen molar-refractivity contribution in [3.63, 3.8) is 0 Å². The summed E-state index contributed by atoms with van der Waals surface area (Å²) in [5, 5.41) is 3.71. The first-order valence-corrected chi connectivity index (χ1v) is 6.94. The van der Waals surface area contributed by atoms with Gasteiger partial charge in [0.25, 0.3) is 0 Å². The van der Waals surface area contributed by atoms with E-state index < -0.39 is 0 Å². The van der Waals surface area contributed by atoms with Crippen LogP contribution in [0.1, 0.15) is 5.56 Å². The minimum Gasteiger partial charge on any atom is -0.325 e. The summed E-state index contributed by atoms with van der Waals surface area (Å²) in [7, 11) is 0. The van der Waals surface area contributed by atoms with Gasteiger partial charge >= 0.3 is 0 Å². The number of hydrogen-bond donors (Lipinski definition) is 1. The highest BCUT2D eigenvalue weighted by molar-refractivity contribution is 9.10. The van der Waals surface area contributed by atoms with Gasteiger partial charge in [-0.2, -0.15) is 0 Å². The molecule has 1 amide bonds. The van der Waals surface area contributed by atoms with E-state index in [1.807, 2.05) is 0 Å². The average Bonchev–Trinajstić information content (AvgIpc) is 2.37. The van der Waals surface area contributed by atoms with Gasteiger partial charge in [0, 0.05) is 12.4 Å². The van der Waals surface area contributed by atoms with Gasteiger partial charge in [-0.3, -0.25) is 9.78 Å². The summed E-state index contributed by atoms with van der Waals surface area (Å²) in [6, 6.07) is 6.85. The number of nitrogens with zero attached hydrogens (tertiary/aromatic N) is 1. The molecule has 0 bridgehead atoms. The number of amides is 1. The summed E-state index contributed by atoms with van der Waals surface area (Å²) in [5.74, 6) is -0.134. The maximum atomic E-state index is 11.9. The molecular formula is C13H9BrCl2N2O. The fourth-order valence-corrected chi connectivity index (χ4v) is 2.18. The van der Waals surface area contributed by atoms with E-state index in [4.69, 9.17) is 23.2 Å². The second-order valence-corrected chi connectivity index (χ2v) is 5.50. The van der Waals surface area contributed by atoms with E-state index in [2.05, 4.69) is 26.2 Å². The summed E-state index contributed by atoms with van der Waals surface area (Å²) in [4.78, 5) is 15.8. The van der Waals surface area contributed by atoms with E-state index in [0.29, 0.717) is 15.7 Å². The second kappa shape index (κ2) is 6.37. The van der Waals surface area contributed by atoms with Gasteiger partial charge in [-0.15, -0.1) is 0 Å². The van der Waals surface area contributed by atoms with Gasteiger partial charge in [0.05, 0.1) is 26.6 Å². The van der Waals surface area contributed by atoms with Crippen LogP contribution in [-0.4, -0.2) is 10.9 Å². The van der Waals surface area contributed by atoms with Crippen LogP contribution >= 0.6 is 39.1 Å². The Morgan fingerprint density at radius 3 is 2.74 bits per heavy atom. The van der Waals surface area contributed by atoms with Crippen LogP contribution in [0.15, 0.2) is 41.1 Å². The zero-order valence-electron chi connectivity index (χ0n) is 9.66. The predicted octanol–water partition coefficient (Wildman–Crippen LogP) is 4.33. The predicted molar refractivity (Wildman–Crippen MR) is 80.7 cm³/mol. The van der Waals surface area contributed by atoms with E-state index in [1.165, 1.54) is 0 Å². The summed E-state index contributed by atoms with van der Waals surface area (Å²) in [6.07, 6.45) is 3.46. The van der Waals surface area contributed by atoms with Gasteiger partial charge in [-0.1, -0.05) is 29.3 Å². The minimum atomic E-state index is -0.134. The third-order valence-corrected chi connectivity index (χ3v) is 3.77. The quantitative estimate of drug-likeness (QED) is 0.885. The van der Waals surface area contributed by atoms with E-state index >= 15 is 0 Å². The SMILES string of the molecule is O=C(Cc1ccc(Cl)c(Cl)c1)Nc1ccncc1Br. The topological polar surface area (TPSA) is 42.0 Å². The minimum absolute atomic E-state index is 0.134. The summed E-state index contributed by atoms with van der Waals surface area (Å²) >= 11 is 15.0. The molecule has 0 aliphatic rings. The highest BCUT2D eigenvalue weighted by Crippen LogP contribution is 2.23. The van der Waals surface area contributed by atoms with Crippen LogP contribution in [0.5, 0.6) is 0 Å². The van der Waals surface area contributed by atoms with E-state index in [-0.39, 0.29) is 12.3 Å². The first kappa shape index (κ1) is 14.3. The number of hydrogen-bond acceptors (Lipinski definition) is 2. The molecule has 98 valence electrons. The molecule has 19 heavy (non-hydrogen) atoms. The first-order chi connectivity index (χ1) is 9.06. The van der Waals surface area contributed by atoms with Crippen LogP contribution in [0.25, 0.3) is 0 Å². The number of pyridine rings is 1. The Kier molecular flexibility index (Phi) is 4.80. The molecule has 0 unspecified atom stereocenters. The molecule has 0 aliphatic heterocycles. The molecule has 1 heterocycles. The summed E-state index contributed by atoms with van der Waals surface area (Å²) in [5.41, 5.74) is 1.48. The third kappa shape index (κ3) is 3.93. The fraction of sp³-hybridized carbons (Fsp3) is 0.0769.